The zero-order valence-electron chi connectivity index (χ0n) is 18.1. The van der Waals surface area contributed by atoms with Crippen LogP contribution in [-0.4, -0.2) is 106 Å². The van der Waals surface area contributed by atoms with Crippen LogP contribution in [-0.2, 0) is 51.1 Å². The SMILES string of the molecule is COCCOCCOCCOCCOP(=O)([O-])OCCOCCOCCOP(C)(=O)[O-]. The van der Waals surface area contributed by atoms with Crippen molar-refractivity contribution in [2.75, 3.05) is 106 Å². The average Bonchev–Trinajstić information content (AvgIpc) is 2.69. The molecule has 0 spiro atoms. The summed E-state index contributed by atoms with van der Waals surface area (Å²) in [6.45, 7) is 3.67. The molecule has 0 heterocycles. The van der Waals surface area contributed by atoms with Crippen molar-refractivity contribution in [2.45, 2.75) is 0 Å². The third-order valence-corrected chi connectivity index (χ3v) is 4.70. The first kappa shape index (κ1) is 31.0. The fourth-order valence-corrected chi connectivity index (χ4v) is 2.80. The van der Waals surface area contributed by atoms with Crippen LogP contribution in [0.5, 0.6) is 0 Å². The van der Waals surface area contributed by atoms with Crippen molar-refractivity contribution < 1.29 is 60.9 Å². The minimum atomic E-state index is -4.43. The Morgan fingerprint density at radius 3 is 1.13 bits per heavy atom. The van der Waals surface area contributed by atoms with Crippen LogP contribution in [0.15, 0.2) is 0 Å². The van der Waals surface area contributed by atoms with Crippen LogP contribution in [0.2, 0.25) is 0 Å². The zero-order chi connectivity index (χ0) is 23.3. The van der Waals surface area contributed by atoms with E-state index in [-0.39, 0.29) is 52.9 Å². The van der Waals surface area contributed by atoms with Crippen LogP contribution < -0.4 is 9.79 Å². The van der Waals surface area contributed by atoms with E-state index in [4.69, 9.17) is 28.4 Å². The van der Waals surface area contributed by atoms with Crippen molar-refractivity contribution >= 4 is 15.4 Å². The monoisotopic (exact) mass is 496 g/mol. The molecule has 0 bridgehead atoms. The summed E-state index contributed by atoms with van der Waals surface area (Å²) in [7, 11) is -6.58. The summed E-state index contributed by atoms with van der Waals surface area (Å²) in [6, 6.07) is 0. The Kier molecular flexibility index (Phi) is 20.6. The molecule has 188 valence electrons. The highest BCUT2D eigenvalue weighted by Crippen LogP contribution is 2.37. The van der Waals surface area contributed by atoms with Gasteiger partial charge in [0.25, 0.3) is 7.82 Å². The summed E-state index contributed by atoms with van der Waals surface area (Å²) < 4.78 is 66.7. The topological polar surface area (TPSA) is 163 Å². The summed E-state index contributed by atoms with van der Waals surface area (Å²) in [5.41, 5.74) is 0. The Morgan fingerprint density at radius 1 is 0.516 bits per heavy atom. The highest BCUT2D eigenvalue weighted by Gasteiger charge is 2.09. The highest BCUT2D eigenvalue weighted by molar-refractivity contribution is 7.50. The van der Waals surface area contributed by atoms with Crippen molar-refractivity contribution in [3.8, 4) is 0 Å². The van der Waals surface area contributed by atoms with Gasteiger partial charge < -0.3 is 56.3 Å². The van der Waals surface area contributed by atoms with Gasteiger partial charge in [0, 0.05) is 13.8 Å². The third kappa shape index (κ3) is 26.2. The number of hydrogen-bond donors (Lipinski definition) is 0. The van der Waals surface area contributed by atoms with Crippen molar-refractivity contribution in [3.05, 3.63) is 0 Å². The normalized spacial score (nSPS) is 15.6. The molecule has 0 fully saturated rings. The molecule has 15 heteroatoms. The van der Waals surface area contributed by atoms with Gasteiger partial charge in [-0.25, -0.2) is 0 Å². The summed E-state index contributed by atoms with van der Waals surface area (Å²) in [5, 5.41) is 0. The van der Waals surface area contributed by atoms with Gasteiger partial charge in [0.15, 0.2) is 0 Å². The fraction of sp³-hybridized carbons (Fsp3) is 1.00. The quantitative estimate of drug-likeness (QED) is 0.123. The molecule has 0 saturated heterocycles. The van der Waals surface area contributed by atoms with Gasteiger partial charge in [0.05, 0.1) is 92.5 Å². The predicted molar refractivity (Wildman–Crippen MR) is 105 cm³/mol. The number of hydrogen-bond acceptors (Lipinski definition) is 13. The van der Waals surface area contributed by atoms with Crippen molar-refractivity contribution in [1.29, 1.82) is 0 Å². The summed E-state index contributed by atoms with van der Waals surface area (Å²) in [4.78, 5) is 22.3. The Labute approximate surface area is 183 Å². The highest BCUT2D eigenvalue weighted by atomic mass is 31.2. The molecular formula is C16H34O13P2-2. The second-order valence-corrected chi connectivity index (χ2v) is 8.98. The molecule has 2 atom stereocenters. The number of phosphoric ester groups is 1. The van der Waals surface area contributed by atoms with Crippen LogP contribution in [0, 0.1) is 0 Å². The molecule has 13 nitrogen and oxygen atoms in total. The van der Waals surface area contributed by atoms with Gasteiger partial charge in [-0.1, -0.05) is 0 Å². The lowest BCUT2D eigenvalue weighted by Crippen LogP contribution is -2.16. The molecule has 0 aliphatic carbocycles. The Balaban J connectivity index is 3.36. The van der Waals surface area contributed by atoms with Gasteiger partial charge in [-0.3, -0.25) is 4.57 Å². The molecule has 2 unspecified atom stereocenters. The number of ether oxygens (including phenoxy) is 6. The van der Waals surface area contributed by atoms with E-state index in [1.807, 2.05) is 0 Å². The molecule has 0 aliphatic rings. The Morgan fingerprint density at radius 2 is 0.806 bits per heavy atom. The maximum absolute atomic E-state index is 11.5. The zero-order valence-corrected chi connectivity index (χ0v) is 19.9. The Hall–Kier alpha value is 0.0200. The predicted octanol–water partition coefficient (Wildman–Crippen LogP) is -0.583. The summed E-state index contributed by atoms with van der Waals surface area (Å²) >= 11 is 0. The van der Waals surface area contributed by atoms with Crippen molar-refractivity contribution in [3.63, 3.8) is 0 Å². The lowest BCUT2D eigenvalue weighted by molar-refractivity contribution is -0.227. The third-order valence-electron chi connectivity index (χ3n) is 3.06. The molecule has 31 heavy (non-hydrogen) atoms. The number of rotatable bonds is 24. The van der Waals surface area contributed by atoms with Gasteiger partial charge in [-0.15, -0.1) is 0 Å². The molecule has 0 aromatic heterocycles. The van der Waals surface area contributed by atoms with E-state index in [2.05, 4.69) is 13.6 Å². The van der Waals surface area contributed by atoms with E-state index < -0.39 is 15.4 Å². The second kappa shape index (κ2) is 20.6. The van der Waals surface area contributed by atoms with E-state index in [1.54, 1.807) is 7.11 Å². The van der Waals surface area contributed by atoms with Crippen LogP contribution in [0.25, 0.3) is 0 Å². The van der Waals surface area contributed by atoms with Crippen molar-refractivity contribution in [2.24, 2.45) is 0 Å². The van der Waals surface area contributed by atoms with E-state index >= 15 is 0 Å². The summed E-state index contributed by atoms with van der Waals surface area (Å²) in [6.07, 6.45) is 0. The van der Waals surface area contributed by atoms with E-state index in [0.717, 1.165) is 6.66 Å². The molecule has 0 saturated carbocycles. The molecule has 0 aromatic carbocycles. The minimum absolute atomic E-state index is 0.0171. The number of phosphoric acid groups is 1. The first-order valence-corrected chi connectivity index (χ1v) is 13.1. The number of methoxy groups -OCH3 is 1. The van der Waals surface area contributed by atoms with Gasteiger partial charge in [0.1, 0.15) is 7.60 Å². The molecule has 0 aliphatic heterocycles. The van der Waals surface area contributed by atoms with Crippen LogP contribution in [0.4, 0.5) is 0 Å². The lowest BCUT2D eigenvalue weighted by atomic mass is 10.7. The van der Waals surface area contributed by atoms with E-state index in [9.17, 15) is 18.9 Å². The standard InChI is InChI=1S/C16H36O13P2/c1-21-3-4-22-5-6-23-7-8-25-12-15-28-31(19,20)29-16-13-26-10-9-24-11-14-27-30(2,17)18/h3-16H2,1-2H3,(H,17,18)(H,19,20)/p-2. The second-order valence-electron chi connectivity index (χ2n) is 5.77. The lowest BCUT2D eigenvalue weighted by Gasteiger charge is -2.22. The van der Waals surface area contributed by atoms with Crippen LogP contribution >= 0.6 is 15.4 Å². The average molecular weight is 496 g/mol. The van der Waals surface area contributed by atoms with E-state index in [0.29, 0.717) is 39.6 Å². The minimum Gasteiger partial charge on any atom is -0.779 e. The maximum atomic E-state index is 11.5. The molecule has 0 radical (unpaired) electrons. The largest absolute Gasteiger partial charge is 0.779 e. The molecule has 0 rings (SSSR count). The van der Waals surface area contributed by atoms with Gasteiger partial charge in [-0.2, -0.15) is 0 Å². The van der Waals surface area contributed by atoms with Crippen LogP contribution in [0.3, 0.4) is 0 Å². The van der Waals surface area contributed by atoms with Gasteiger partial charge >= 0.3 is 0 Å². The Bertz CT molecular complexity index is 488. The first-order valence-electron chi connectivity index (χ1n) is 9.67. The van der Waals surface area contributed by atoms with E-state index in [1.165, 1.54) is 0 Å². The van der Waals surface area contributed by atoms with Gasteiger partial charge in [-0.05, 0) is 0 Å². The summed E-state index contributed by atoms with van der Waals surface area (Å²) in [5.74, 6) is 0. The molecule has 0 aromatic rings. The molecule has 0 N–H and O–H groups in total. The smallest absolute Gasteiger partial charge is 0.268 e. The molecular weight excluding hydrogens is 462 g/mol. The van der Waals surface area contributed by atoms with Crippen LogP contribution in [0.1, 0.15) is 0 Å². The van der Waals surface area contributed by atoms with Gasteiger partial charge in [0.2, 0.25) is 0 Å². The first-order chi connectivity index (χ1) is 14.8. The molecule has 0 amide bonds. The fourth-order valence-electron chi connectivity index (χ4n) is 1.72. The maximum Gasteiger partial charge on any atom is 0.268 e. The van der Waals surface area contributed by atoms with Crippen molar-refractivity contribution in [1.82, 2.24) is 0 Å².